The zero-order valence-electron chi connectivity index (χ0n) is 13.5. The number of nitrogens with one attached hydrogen (secondary N) is 2. The Morgan fingerprint density at radius 1 is 1.25 bits per heavy atom. The number of piperidine rings is 1. The lowest BCUT2D eigenvalue weighted by atomic mass is 9.96. The van der Waals surface area contributed by atoms with Gasteiger partial charge in [0, 0.05) is 24.2 Å². The molecule has 0 aliphatic carbocycles. The van der Waals surface area contributed by atoms with Gasteiger partial charge in [0.25, 0.3) is 0 Å². The summed E-state index contributed by atoms with van der Waals surface area (Å²) >= 11 is 0. The zero-order chi connectivity index (χ0) is 14.7. The van der Waals surface area contributed by atoms with Crippen LogP contribution in [0, 0.1) is 0 Å². The lowest BCUT2D eigenvalue weighted by Gasteiger charge is -2.40. The highest BCUT2D eigenvalue weighted by Crippen LogP contribution is 2.30. The van der Waals surface area contributed by atoms with Crippen molar-refractivity contribution < 1.29 is 4.79 Å². The first-order valence-corrected chi connectivity index (χ1v) is 8.33. The van der Waals surface area contributed by atoms with Crippen molar-refractivity contribution in [1.29, 1.82) is 0 Å². The van der Waals surface area contributed by atoms with Crippen molar-refractivity contribution in [2.24, 2.45) is 0 Å². The smallest absolute Gasteiger partial charge is 0.237 e. The second-order valence-electron chi connectivity index (χ2n) is 6.84. The van der Waals surface area contributed by atoms with E-state index >= 15 is 0 Å². The van der Waals surface area contributed by atoms with Gasteiger partial charge < -0.3 is 10.6 Å². The predicted molar refractivity (Wildman–Crippen MR) is 82.7 cm³/mol. The first-order valence-electron chi connectivity index (χ1n) is 8.33. The van der Waals surface area contributed by atoms with Crippen molar-refractivity contribution in [3.8, 4) is 0 Å². The topological polar surface area (TPSA) is 44.4 Å². The van der Waals surface area contributed by atoms with Gasteiger partial charge in [-0.1, -0.05) is 6.92 Å². The van der Waals surface area contributed by atoms with Crippen LogP contribution in [0.2, 0.25) is 0 Å². The number of hydrogen-bond acceptors (Lipinski definition) is 3. The minimum atomic E-state index is -0.0140. The Morgan fingerprint density at radius 2 is 1.85 bits per heavy atom. The molecule has 3 atom stereocenters. The monoisotopic (exact) mass is 281 g/mol. The van der Waals surface area contributed by atoms with Crippen LogP contribution in [0.5, 0.6) is 0 Å². The van der Waals surface area contributed by atoms with Crippen LogP contribution < -0.4 is 10.6 Å². The van der Waals surface area contributed by atoms with Crippen molar-refractivity contribution >= 4 is 5.91 Å². The Kier molecular flexibility index (Phi) is 5.44. The molecule has 2 aliphatic rings. The standard InChI is InChI=1S/C16H31N3O/c1-5-8-19(12(4)16(20)17-11(2)3)15-9-13-6-7-14(10-15)18-13/h11-15,18H,5-10H2,1-4H3,(H,17,20). The molecule has 0 aromatic rings. The van der Waals surface area contributed by atoms with Crippen LogP contribution in [0.25, 0.3) is 0 Å². The van der Waals surface area contributed by atoms with Crippen molar-refractivity contribution in [2.75, 3.05) is 6.54 Å². The van der Waals surface area contributed by atoms with E-state index in [2.05, 4.69) is 29.4 Å². The predicted octanol–water partition coefficient (Wildman–Crippen LogP) is 1.89. The first-order chi connectivity index (χ1) is 9.51. The molecule has 0 saturated carbocycles. The maximum atomic E-state index is 12.3. The third kappa shape index (κ3) is 3.73. The lowest BCUT2D eigenvalue weighted by molar-refractivity contribution is -0.127. The first kappa shape index (κ1) is 15.8. The van der Waals surface area contributed by atoms with Crippen LogP contribution in [0.1, 0.15) is 59.8 Å². The molecule has 4 heteroatoms. The molecule has 1 amide bonds. The number of nitrogens with zero attached hydrogens (tertiary/aromatic N) is 1. The third-order valence-corrected chi connectivity index (χ3v) is 4.71. The van der Waals surface area contributed by atoms with E-state index in [9.17, 15) is 4.79 Å². The number of carbonyl (C=O) groups excluding carboxylic acids is 1. The molecule has 2 fully saturated rings. The Bertz CT molecular complexity index is 320. The van der Waals surface area contributed by atoms with Crippen LogP contribution in [0.15, 0.2) is 0 Å². The minimum absolute atomic E-state index is 0.0140. The summed E-state index contributed by atoms with van der Waals surface area (Å²) in [6, 6.07) is 2.14. The fraction of sp³-hybridized carbons (Fsp3) is 0.938. The number of carbonyl (C=O) groups is 1. The molecule has 3 unspecified atom stereocenters. The largest absolute Gasteiger partial charge is 0.353 e. The van der Waals surface area contributed by atoms with E-state index in [1.165, 1.54) is 25.7 Å². The van der Waals surface area contributed by atoms with E-state index in [1.807, 2.05) is 13.8 Å². The van der Waals surface area contributed by atoms with Gasteiger partial charge in [-0.25, -0.2) is 0 Å². The molecule has 2 rings (SSSR count). The number of fused-ring (bicyclic) bond motifs is 2. The molecule has 0 spiro atoms. The minimum Gasteiger partial charge on any atom is -0.353 e. The summed E-state index contributed by atoms with van der Waals surface area (Å²) in [6.45, 7) is 9.35. The third-order valence-electron chi connectivity index (χ3n) is 4.71. The number of amides is 1. The summed E-state index contributed by atoms with van der Waals surface area (Å²) in [7, 11) is 0. The van der Waals surface area contributed by atoms with E-state index in [0.29, 0.717) is 18.1 Å². The van der Waals surface area contributed by atoms with Gasteiger partial charge in [0.15, 0.2) is 0 Å². The highest BCUT2D eigenvalue weighted by atomic mass is 16.2. The highest BCUT2D eigenvalue weighted by Gasteiger charge is 2.38. The molecular weight excluding hydrogens is 250 g/mol. The normalized spacial score (nSPS) is 30.8. The maximum Gasteiger partial charge on any atom is 0.237 e. The van der Waals surface area contributed by atoms with E-state index in [0.717, 1.165) is 13.0 Å². The van der Waals surface area contributed by atoms with E-state index < -0.39 is 0 Å². The molecule has 2 aliphatic heterocycles. The summed E-state index contributed by atoms with van der Waals surface area (Å²) in [6.07, 6.45) is 6.14. The summed E-state index contributed by atoms with van der Waals surface area (Å²) < 4.78 is 0. The molecule has 4 nitrogen and oxygen atoms in total. The van der Waals surface area contributed by atoms with Gasteiger partial charge in [-0.15, -0.1) is 0 Å². The molecule has 0 radical (unpaired) electrons. The molecule has 0 aromatic carbocycles. The van der Waals surface area contributed by atoms with Crippen molar-refractivity contribution in [1.82, 2.24) is 15.5 Å². The lowest BCUT2D eigenvalue weighted by Crippen LogP contribution is -2.55. The Labute approximate surface area is 123 Å². The number of rotatable bonds is 6. The fourth-order valence-electron chi connectivity index (χ4n) is 3.80. The average molecular weight is 281 g/mol. The van der Waals surface area contributed by atoms with Gasteiger partial charge in [-0.05, 0) is 59.4 Å². The SMILES string of the molecule is CCCN(C1CC2CCC(C1)N2)C(C)C(=O)NC(C)C. The molecular formula is C16H31N3O. The summed E-state index contributed by atoms with van der Waals surface area (Å²) in [4.78, 5) is 14.8. The van der Waals surface area contributed by atoms with Gasteiger partial charge in [-0.2, -0.15) is 0 Å². The molecule has 116 valence electrons. The second kappa shape index (κ2) is 6.90. The molecule has 2 bridgehead atoms. The van der Waals surface area contributed by atoms with E-state index in [1.54, 1.807) is 0 Å². The average Bonchev–Trinajstić information content (AvgIpc) is 2.73. The molecule has 2 N–H and O–H groups in total. The number of hydrogen-bond donors (Lipinski definition) is 2. The van der Waals surface area contributed by atoms with E-state index in [4.69, 9.17) is 0 Å². The molecule has 0 aromatic heterocycles. The molecule has 20 heavy (non-hydrogen) atoms. The quantitative estimate of drug-likeness (QED) is 0.781. The summed E-state index contributed by atoms with van der Waals surface area (Å²) in [5.41, 5.74) is 0. The fourth-order valence-corrected chi connectivity index (χ4v) is 3.80. The van der Waals surface area contributed by atoms with Crippen molar-refractivity contribution in [3.05, 3.63) is 0 Å². The summed E-state index contributed by atoms with van der Waals surface area (Å²) in [5.74, 6) is 0.180. The van der Waals surface area contributed by atoms with Crippen LogP contribution in [-0.2, 0) is 4.79 Å². The van der Waals surface area contributed by atoms with Crippen LogP contribution >= 0.6 is 0 Å². The van der Waals surface area contributed by atoms with Gasteiger partial charge in [0.1, 0.15) is 0 Å². The van der Waals surface area contributed by atoms with Crippen LogP contribution in [0.4, 0.5) is 0 Å². The maximum absolute atomic E-state index is 12.3. The van der Waals surface area contributed by atoms with Crippen LogP contribution in [-0.4, -0.2) is 47.6 Å². The van der Waals surface area contributed by atoms with Gasteiger partial charge in [0.2, 0.25) is 5.91 Å². The molecule has 2 saturated heterocycles. The summed E-state index contributed by atoms with van der Waals surface area (Å²) in [5, 5.41) is 6.75. The Morgan fingerprint density at radius 3 is 2.35 bits per heavy atom. The van der Waals surface area contributed by atoms with Gasteiger partial charge in [0.05, 0.1) is 6.04 Å². The van der Waals surface area contributed by atoms with Gasteiger partial charge >= 0.3 is 0 Å². The van der Waals surface area contributed by atoms with Crippen molar-refractivity contribution in [2.45, 2.75) is 90.0 Å². The Balaban J connectivity index is 2.00. The second-order valence-corrected chi connectivity index (χ2v) is 6.84. The molecule has 2 heterocycles. The van der Waals surface area contributed by atoms with E-state index in [-0.39, 0.29) is 18.0 Å². The Hall–Kier alpha value is -0.610. The van der Waals surface area contributed by atoms with Gasteiger partial charge in [-0.3, -0.25) is 9.69 Å². The van der Waals surface area contributed by atoms with Crippen LogP contribution in [0.3, 0.4) is 0 Å². The zero-order valence-corrected chi connectivity index (χ0v) is 13.5. The highest BCUT2D eigenvalue weighted by molar-refractivity contribution is 5.81. The van der Waals surface area contributed by atoms with Crippen molar-refractivity contribution in [3.63, 3.8) is 0 Å².